The van der Waals surface area contributed by atoms with E-state index < -0.39 is 23.3 Å². The number of aliphatic hydroxyl groups excluding tert-OH is 1. The Kier molecular flexibility index (Phi) is 7.68. The highest BCUT2D eigenvalue weighted by Crippen LogP contribution is 2.37. The second-order valence-corrected chi connectivity index (χ2v) is 10.1. The van der Waals surface area contributed by atoms with Gasteiger partial charge in [0, 0.05) is 55.9 Å². The van der Waals surface area contributed by atoms with E-state index in [-0.39, 0.29) is 28.6 Å². The first-order valence-electron chi connectivity index (χ1n) is 12.5. The predicted octanol–water partition coefficient (Wildman–Crippen LogP) is 2.81. The molecule has 10 heteroatoms. The summed E-state index contributed by atoms with van der Waals surface area (Å²) in [5, 5.41) is 12.2. The first-order chi connectivity index (χ1) is 18.3. The summed E-state index contributed by atoms with van der Waals surface area (Å²) in [6, 6.07) is 9.81. The van der Waals surface area contributed by atoms with E-state index in [1.807, 2.05) is 4.57 Å². The zero-order valence-electron chi connectivity index (χ0n) is 20.7. The summed E-state index contributed by atoms with van der Waals surface area (Å²) in [5.74, 6) is 1.96. The van der Waals surface area contributed by atoms with Crippen molar-refractivity contribution >= 4 is 28.4 Å². The minimum Gasteiger partial charge on any atom is -0.491 e. The van der Waals surface area contributed by atoms with Gasteiger partial charge in [0.05, 0.1) is 10.5 Å². The van der Waals surface area contributed by atoms with Crippen LogP contribution in [-0.2, 0) is 0 Å². The second-order valence-electron chi connectivity index (χ2n) is 9.66. The maximum atomic E-state index is 14.1. The molecule has 2 aliphatic rings. The molecule has 1 aromatic heterocycles. The monoisotopic (exact) mass is 538 g/mol. The lowest BCUT2D eigenvalue weighted by Gasteiger charge is -2.35. The standard InChI is InChI=1S/C28H28ClFN4O4/c1-2-18-3-7-21(8-4-18)38-17-20(35)15-32-9-11-33(12-10-32)31-28(37)23-16-34(19-5-6-19)26-14-24(29)25(30)13-22(26)27(23)36/h1,3-4,7-8,13-14,16,19-20,35H,5-6,9-12,15,17H2,(H,31,37)/t20-/m0/s1. The average molecular weight is 539 g/mol. The van der Waals surface area contributed by atoms with Crippen molar-refractivity contribution in [3.8, 4) is 18.1 Å². The number of pyridine rings is 1. The summed E-state index contributed by atoms with van der Waals surface area (Å²) in [4.78, 5) is 28.2. The highest BCUT2D eigenvalue weighted by molar-refractivity contribution is 6.31. The van der Waals surface area contributed by atoms with Crippen molar-refractivity contribution in [3.05, 3.63) is 74.8 Å². The highest BCUT2D eigenvalue weighted by Gasteiger charge is 2.28. The number of carbonyl (C=O) groups is 1. The van der Waals surface area contributed by atoms with Crippen molar-refractivity contribution in [2.45, 2.75) is 25.0 Å². The third kappa shape index (κ3) is 5.84. The summed E-state index contributed by atoms with van der Waals surface area (Å²) >= 11 is 5.96. The molecule has 3 aromatic rings. The molecule has 0 unspecified atom stereocenters. The Morgan fingerprint density at radius 2 is 1.92 bits per heavy atom. The number of aliphatic hydroxyl groups is 1. The van der Waals surface area contributed by atoms with E-state index in [0.29, 0.717) is 44.0 Å². The number of nitrogens with zero attached hydrogens (tertiary/aromatic N) is 3. The summed E-state index contributed by atoms with van der Waals surface area (Å²) in [6.45, 7) is 2.83. The fourth-order valence-electron chi connectivity index (χ4n) is 4.60. The molecule has 198 valence electrons. The topological polar surface area (TPSA) is 87.0 Å². The number of hydrogen-bond acceptors (Lipinski definition) is 6. The van der Waals surface area contributed by atoms with Crippen LogP contribution in [0.2, 0.25) is 5.02 Å². The number of terminal acetylenes is 1. The van der Waals surface area contributed by atoms with Gasteiger partial charge in [-0.15, -0.1) is 6.42 Å². The number of rotatable bonds is 8. The Balaban J connectivity index is 1.16. The van der Waals surface area contributed by atoms with E-state index in [9.17, 15) is 19.1 Å². The quantitative estimate of drug-likeness (QED) is 0.429. The third-order valence-corrected chi connectivity index (χ3v) is 7.11. The summed E-state index contributed by atoms with van der Waals surface area (Å²) in [6.07, 6.45) is 8.07. The molecule has 2 heterocycles. The molecule has 38 heavy (non-hydrogen) atoms. The molecule has 8 nitrogen and oxygen atoms in total. The molecule has 2 fully saturated rings. The van der Waals surface area contributed by atoms with E-state index in [1.165, 1.54) is 6.07 Å². The van der Waals surface area contributed by atoms with Crippen molar-refractivity contribution < 1.29 is 19.0 Å². The minimum atomic E-state index is -0.693. The lowest BCUT2D eigenvalue weighted by atomic mass is 10.1. The number of nitrogens with one attached hydrogen (secondary N) is 1. The van der Waals surface area contributed by atoms with Gasteiger partial charge in [-0.2, -0.15) is 0 Å². The Labute approximate surface area is 224 Å². The molecule has 1 aliphatic heterocycles. The van der Waals surface area contributed by atoms with Gasteiger partial charge in [-0.25, -0.2) is 9.40 Å². The minimum absolute atomic E-state index is 0.0311. The van der Waals surface area contributed by atoms with E-state index in [2.05, 4.69) is 16.2 Å². The zero-order valence-corrected chi connectivity index (χ0v) is 21.5. The lowest BCUT2D eigenvalue weighted by molar-refractivity contribution is 0.0316. The molecule has 0 radical (unpaired) electrons. The first-order valence-corrected chi connectivity index (χ1v) is 12.9. The number of β-amino-alcohol motifs (C(OH)–C–C–N with tert-alkyl or cyclic N) is 1. The summed E-state index contributed by atoms with van der Waals surface area (Å²) in [5.41, 5.74) is 3.55. The maximum Gasteiger partial charge on any atom is 0.271 e. The lowest BCUT2D eigenvalue weighted by Crippen LogP contribution is -2.55. The number of benzene rings is 2. The van der Waals surface area contributed by atoms with Gasteiger partial charge >= 0.3 is 0 Å². The molecule has 1 saturated carbocycles. The van der Waals surface area contributed by atoms with Crippen LogP contribution in [0.15, 0.2) is 47.4 Å². The van der Waals surface area contributed by atoms with Gasteiger partial charge in [0.15, 0.2) is 0 Å². The van der Waals surface area contributed by atoms with Crippen LogP contribution in [0.3, 0.4) is 0 Å². The highest BCUT2D eigenvalue weighted by atomic mass is 35.5. The number of hydrazine groups is 1. The Morgan fingerprint density at radius 1 is 1.21 bits per heavy atom. The molecule has 1 atom stereocenters. The van der Waals surface area contributed by atoms with Crippen molar-refractivity contribution in [2.75, 3.05) is 39.3 Å². The van der Waals surface area contributed by atoms with Crippen LogP contribution in [0.4, 0.5) is 4.39 Å². The molecule has 1 saturated heterocycles. The fraction of sp³-hybridized carbons (Fsp3) is 0.357. The molecular weight excluding hydrogens is 511 g/mol. The van der Waals surface area contributed by atoms with E-state index in [4.69, 9.17) is 22.8 Å². The van der Waals surface area contributed by atoms with E-state index in [1.54, 1.807) is 35.5 Å². The number of aromatic nitrogens is 1. The largest absolute Gasteiger partial charge is 0.491 e. The smallest absolute Gasteiger partial charge is 0.271 e. The number of carbonyl (C=O) groups excluding carboxylic acids is 1. The molecule has 2 aromatic carbocycles. The molecule has 5 rings (SSSR count). The number of fused-ring (bicyclic) bond motifs is 1. The molecule has 1 amide bonds. The van der Waals surface area contributed by atoms with Crippen molar-refractivity contribution in [2.24, 2.45) is 0 Å². The SMILES string of the molecule is C#Cc1ccc(OC[C@@H](O)CN2CCN(NC(=O)c3cn(C4CC4)c4cc(Cl)c(F)cc4c3=O)CC2)cc1. The zero-order chi connectivity index (χ0) is 26.8. The normalized spacial score (nSPS) is 17.2. The van der Waals surface area contributed by atoms with Crippen LogP contribution >= 0.6 is 11.6 Å². The van der Waals surface area contributed by atoms with Gasteiger partial charge in [0.1, 0.15) is 29.8 Å². The number of halogens is 2. The van der Waals surface area contributed by atoms with Crippen LogP contribution in [-0.4, -0.2) is 70.9 Å². The number of amides is 1. The van der Waals surface area contributed by atoms with E-state index in [0.717, 1.165) is 24.5 Å². The van der Waals surface area contributed by atoms with Gasteiger partial charge < -0.3 is 14.4 Å². The van der Waals surface area contributed by atoms with Crippen LogP contribution in [0.1, 0.15) is 34.8 Å². The molecule has 2 N–H and O–H groups in total. The van der Waals surface area contributed by atoms with Crippen LogP contribution in [0.5, 0.6) is 5.75 Å². The van der Waals surface area contributed by atoms with Crippen LogP contribution in [0, 0.1) is 18.2 Å². The second kappa shape index (κ2) is 11.1. The Morgan fingerprint density at radius 3 is 2.58 bits per heavy atom. The molecule has 0 spiro atoms. The van der Waals surface area contributed by atoms with Gasteiger partial charge in [-0.1, -0.05) is 17.5 Å². The summed E-state index contributed by atoms with van der Waals surface area (Å²) in [7, 11) is 0. The van der Waals surface area contributed by atoms with Crippen LogP contribution in [0.25, 0.3) is 10.9 Å². The Hall–Kier alpha value is -3.42. The number of piperazine rings is 1. The predicted molar refractivity (Wildman–Crippen MR) is 143 cm³/mol. The maximum absolute atomic E-state index is 14.1. The number of ether oxygens (including phenoxy) is 1. The van der Waals surface area contributed by atoms with Crippen molar-refractivity contribution in [1.82, 2.24) is 19.9 Å². The summed E-state index contributed by atoms with van der Waals surface area (Å²) < 4.78 is 21.6. The Bertz CT molecular complexity index is 1440. The van der Waals surface area contributed by atoms with Crippen molar-refractivity contribution in [3.63, 3.8) is 0 Å². The average Bonchev–Trinajstić information content (AvgIpc) is 3.76. The van der Waals surface area contributed by atoms with Crippen molar-refractivity contribution in [1.29, 1.82) is 0 Å². The van der Waals surface area contributed by atoms with Gasteiger partial charge in [-0.3, -0.25) is 19.9 Å². The van der Waals surface area contributed by atoms with Crippen LogP contribution < -0.4 is 15.6 Å². The van der Waals surface area contributed by atoms with Gasteiger partial charge in [0.25, 0.3) is 5.91 Å². The van der Waals surface area contributed by atoms with E-state index >= 15 is 0 Å². The molecule has 1 aliphatic carbocycles. The fourth-order valence-corrected chi connectivity index (χ4v) is 4.76. The van der Waals surface area contributed by atoms with Gasteiger partial charge in [0.2, 0.25) is 5.43 Å². The van der Waals surface area contributed by atoms with Gasteiger partial charge in [-0.05, 0) is 49.2 Å². The first kappa shape index (κ1) is 26.2. The third-order valence-electron chi connectivity index (χ3n) is 6.82. The molecular formula is C28H28ClFN4O4. The molecule has 0 bridgehead atoms. The number of hydrogen-bond donors (Lipinski definition) is 2.